The highest BCUT2D eigenvalue weighted by atomic mass is 79.9. The van der Waals surface area contributed by atoms with Gasteiger partial charge in [0.2, 0.25) is 6.69 Å². The molecule has 0 fully saturated rings. The highest BCUT2D eigenvalue weighted by molar-refractivity contribution is 9.27. The smallest absolute Gasteiger partial charge is 0.108 e. The molecule has 4 aromatic rings. The van der Waals surface area contributed by atoms with Gasteiger partial charge in [-0.2, -0.15) is 0 Å². The number of rotatable bonds is 11. The van der Waals surface area contributed by atoms with Crippen molar-refractivity contribution in [2.75, 3.05) is 0 Å². The van der Waals surface area contributed by atoms with E-state index in [1.54, 1.807) is 10.4 Å². The number of hydrogen-bond acceptors (Lipinski definition) is 0. The Morgan fingerprint density at radius 3 is 1.02 bits per heavy atom. The highest BCUT2D eigenvalue weighted by Gasteiger charge is 2.45. The molecule has 4 aromatic carbocycles. The van der Waals surface area contributed by atoms with Crippen molar-refractivity contribution in [1.29, 1.82) is 0 Å². The summed E-state index contributed by atoms with van der Waals surface area (Å²) in [4.78, 5) is 0. The Kier molecular flexibility index (Phi) is 15.2. The number of benzene rings is 4. The summed E-state index contributed by atoms with van der Waals surface area (Å²) in [5.41, 5.74) is 12.9. The van der Waals surface area contributed by atoms with E-state index in [0.29, 0.717) is 35.5 Å². The fraction of sp³-hybridized carbons (Fsp3) is 0.556. The SMILES string of the molecule is CC(C)c1cc(C(C)C)c([Si](Br)(c2ccc(P(Cl)c3c(C(C)(C)C)cc(C(C)(C)C)cc3C(C)(C)C)cc2)c2c(C(C)C)cc(C(C)C)cc2C(C)C)c(C(C)C)c1. The van der Waals surface area contributed by atoms with Crippen molar-refractivity contribution < 1.29 is 0 Å². The van der Waals surface area contributed by atoms with Gasteiger partial charge < -0.3 is 0 Å². The summed E-state index contributed by atoms with van der Waals surface area (Å²) in [5.74, 6) is 2.38. The van der Waals surface area contributed by atoms with E-state index in [4.69, 9.17) is 26.5 Å². The van der Waals surface area contributed by atoms with Gasteiger partial charge in [0, 0.05) is 5.30 Å². The molecule has 318 valence electrons. The van der Waals surface area contributed by atoms with E-state index in [2.05, 4.69) is 206 Å². The van der Waals surface area contributed by atoms with E-state index in [1.807, 2.05) is 0 Å². The van der Waals surface area contributed by atoms with Crippen LogP contribution >= 0.6 is 33.8 Å². The van der Waals surface area contributed by atoms with Gasteiger partial charge in [-0.3, -0.25) is 0 Å². The summed E-state index contributed by atoms with van der Waals surface area (Å²) >= 11 is 12.9. The monoisotopic (exact) mass is 900 g/mol. The second-order valence-electron chi connectivity index (χ2n) is 22.2. The minimum absolute atomic E-state index is 0.0349. The molecule has 1 atom stereocenters. The molecule has 0 bridgehead atoms. The largest absolute Gasteiger partial charge is 0.222 e. The van der Waals surface area contributed by atoms with E-state index in [0.717, 1.165) is 0 Å². The molecule has 58 heavy (non-hydrogen) atoms. The topological polar surface area (TPSA) is 0 Å². The van der Waals surface area contributed by atoms with Gasteiger partial charge in [0.05, 0.1) is 7.27 Å². The van der Waals surface area contributed by atoms with Crippen molar-refractivity contribution in [3.05, 3.63) is 111 Å². The van der Waals surface area contributed by atoms with Gasteiger partial charge in [0.1, 0.15) is 0 Å². The maximum Gasteiger partial charge on any atom is 0.222 e. The van der Waals surface area contributed by atoms with Crippen molar-refractivity contribution in [1.82, 2.24) is 0 Å². The molecule has 0 nitrogen and oxygen atoms in total. The molecule has 0 aliphatic carbocycles. The Bertz CT molecular complexity index is 1890. The molecule has 0 saturated heterocycles. The van der Waals surface area contributed by atoms with Gasteiger partial charge in [0.25, 0.3) is 0 Å². The minimum atomic E-state index is -2.89. The van der Waals surface area contributed by atoms with E-state index in [1.165, 1.54) is 65.9 Å². The van der Waals surface area contributed by atoms with Crippen molar-refractivity contribution in [3.8, 4) is 0 Å². The fourth-order valence-electron chi connectivity index (χ4n) is 8.49. The zero-order valence-electron chi connectivity index (χ0n) is 40.4. The molecule has 1 unspecified atom stereocenters. The standard InChI is InChI=1S/C54H79BrClPSi/c1-32(2)38-26-43(34(5)6)50(44(27-38)35(7)8)58(55,51-45(36(9)10)28-39(33(3)4)29-46(51)37(11)12)42-24-22-41(23-25-42)57(56)49-47(53(16,17)18)30-40(52(13,14)15)31-48(49)54(19,20)21/h22-37H,1-21H3. The lowest BCUT2D eigenvalue weighted by molar-refractivity contribution is 0.554. The molecular formula is C54H79BrClPSi. The molecule has 0 heterocycles. The van der Waals surface area contributed by atoms with Crippen LogP contribution in [0.3, 0.4) is 0 Å². The van der Waals surface area contributed by atoms with E-state index >= 15 is 0 Å². The molecule has 0 spiro atoms. The summed E-state index contributed by atoms with van der Waals surface area (Å²) in [6.07, 6.45) is 0. The number of halogens is 2. The van der Waals surface area contributed by atoms with Crippen molar-refractivity contribution >= 4 is 66.7 Å². The van der Waals surface area contributed by atoms with Gasteiger partial charge in [-0.05, 0) is 123 Å². The van der Waals surface area contributed by atoms with Crippen LogP contribution in [0, 0.1) is 0 Å². The van der Waals surface area contributed by atoms with Crippen molar-refractivity contribution in [2.45, 2.75) is 197 Å². The Balaban J connectivity index is 2.20. The van der Waals surface area contributed by atoms with Crippen LogP contribution in [0.25, 0.3) is 0 Å². The molecule has 0 saturated carbocycles. The lowest BCUT2D eigenvalue weighted by Crippen LogP contribution is -2.66. The zero-order chi connectivity index (χ0) is 44.2. The molecule has 0 aromatic heterocycles. The molecule has 4 rings (SSSR count). The Hall–Kier alpha value is -1.70. The normalized spacial score (nSPS) is 13.9. The van der Waals surface area contributed by atoms with Crippen molar-refractivity contribution in [2.24, 2.45) is 0 Å². The Morgan fingerprint density at radius 2 is 0.776 bits per heavy atom. The van der Waals surface area contributed by atoms with Crippen LogP contribution in [-0.2, 0) is 16.2 Å². The van der Waals surface area contributed by atoms with E-state index in [-0.39, 0.29) is 16.2 Å². The van der Waals surface area contributed by atoms with E-state index < -0.39 is 14.0 Å². The Labute approximate surface area is 372 Å². The second kappa shape index (κ2) is 18.0. The van der Waals surface area contributed by atoms with E-state index in [9.17, 15) is 0 Å². The predicted molar refractivity (Wildman–Crippen MR) is 272 cm³/mol. The van der Waals surface area contributed by atoms with Crippen LogP contribution in [0.4, 0.5) is 0 Å². The van der Waals surface area contributed by atoms with Crippen LogP contribution in [0.5, 0.6) is 0 Å². The highest BCUT2D eigenvalue weighted by Crippen LogP contribution is 2.47. The molecule has 0 radical (unpaired) electrons. The van der Waals surface area contributed by atoms with Gasteiger partial charge in [-0.25, -0.2) is 0 Å². The van der Waals surface area contributed by atoms with Crippen LogP contribution in [0.2, 0.25) is 0 Å². The maximum absolute atomic E-state index is 7.95. The molecule has 0 aliphatic heterocycles. The van der Waals surface area contributed by atoms with Crippen LogP contribution in [0.15, 0.2) is 60.7 Å². The van der Waals surface area contributed by atoms with Crippen LogP contribution in [-0.4, -0.2) is 6.69 Å². The predicted octanol–water partition coefficient (Wildman–Crippen LogP) is 15.3. The first-order chi connectivity index (χ1) is 26.4. The zero-order valence-corrected chi connectivity index (χ0v) is 44.7. The van der Waals surface area contributed by atoms with Gasteiger partial charge in [0.15, 0.2) is 0 Å². The lowest BCUT2D eigenvalue weighted by Gasteiger charge is -2.39. The average molecular weight is 903 g/mol. The third-order valence-corrected chi connectivity index (χ3v) is 22.4. The summed E-state index contributed by atoms with van der Waals surface area (Å²) in [6.45, 7) is 46.8. The summed E-state index contributed by atoms with van der Waals surface area (Å²) in [5, 5.41) is 7.05. The first-order valence-electron chi connectivity index (χ1n) is 22.3. The van der Waals surface area contributed by atoms with Gasteiger partial charge >= 0.3 is 0 Å². The first-order valence-corrected chi connectivity index (χ1v) is 28.8. The summed E-state index contributed by atoms with van der Waals surface area (Å²) in [6, 6.07) is 24.9. The molecule has 0 aliphatic rings. The van der Waals surface area contributed by atoms with Crippen LogP contribution in [0.1, 0.15) is 231 Å². The fourth-order valence-corrected chi connectivity index (χ4v) is 19.3. The number of hydrogen-bond donors (Lipinski definition) is 0. The minimum Gasteiger partial charge on any atom is -0.108 e. The third kappa shape index (κ3) is 9.98. The lowest BCUT2D eigenvalue weighted by atomic mass is 9.75. The molecule has 4 heteroatoms. The quantitative estimate of drug-likeness (QED) is 0.0609. The second-order valence-corrected chi connectivity index (χ2v) is 31.2. The molecule has 0 amide bonds. The van der Waals surface area contributed by atoms with Crippen LogP contribution < -0.4 is 26.2 Å². The first kappa shape index (κ1) is 49.0. The third-order valence-electron chi connectivity index (χ3n) is 12.2. The molecule has 0 N–H and O–H groups in total. The van der Waals surface area contributed by atoms with Crippen molar-refractivity contribution in [3.63, 3.8) is 0 Å². The molecular weight excluding hydrogens is 823 g/mol. The maximum atomic E-state index is 7.95. The average Bonchev–Trinajstić information content (AvgIpc) is 3.11. The summed E-state index contributed by atoms with van der Waals surface area (Å²) < 4.78 is 0. The van der Waals surface area contributed by atoms with Gasteiger partial charge in [-0.15, -0.1) is 15.3 Å². The summed E-state index contributed by atoms with van der Waals surface area (Å²) in [7, 11) is -1.16. The Morgan fingerprint density at radius 1 is 0.466 bits per heavy atom. The van der Waals surface area contributed by atoms with Gasteiger partial charge in [-0.1, -0.05) is 217 Å².